The van der Waals surface area contributed by atoms with E-state index in [9.17, 15) is 9.18 Å². The van der Waals surface area contributed by atoms with E-state index < -0.39 is 0 Å². The van der Waals surface area contributed by atoms with E-state index >= 15 is 0 Å². The standard InChI is InChI=1S/C13H18BrFN2O2/c1-19-11(8-16)7-13(18)17-5-4-9-6-10(14)2-3-12(9)15/h2-3,6,11H,4-5,7-8,16H2,1H3,(H,17,18). The fraction of sp³-hybridized carbons (Fsp3) is 0.462. The molecule has 4 nitrogen and oxygen atoms in total. The van der Waals surface area contributed by atoms with E-state index in [1.807, 2.05) is 0 Å². The van der Waals surface area contributed by atoms with Crippen molar-refractivity contribution < 1.29 is 13.9 Å². The first-order chi connectivity index (χ1) is 9.06. The summed E-state index contributed by atoms with van der Waals surface area (Å²) >= 11 is 3.28. The molecule has 0 saturated heterocycles. The Morgan fingerprint density at radius 1 is 1.58 bits per heavy atom. The number of hydrogen-bond acceptors (Lipinski definition) is 3. The summed E-state index contributed by atoms with van der Waals surface area (Å²) in [7, 11) is 1.52. The molecule has 0 heterocycles. The quantitative estimate of drug-likeness (QED) is 0.797. The van der Waals surface area contributed by atoms with Crippen molar-refractivity contribution >= 4 is 21.8 Å². The number of nitrogens with one attached hydrogen (secondary N) is 1. The van der Waals surface area contributed by atoms with Gasteiger partial charge in [-0.15, -0.1) is 0 Å². The zero-order valence-electron chi connectivity index (χ0n) is 10.8. The van der Waals surface area contributed by atoms with Crippen LogP contribution < -0.4 is 11.1 Å². The third-order valence-corrected chi connectivity index (χ3v) is 3.23. The van der Waals surface area contributed by atoms with Gasteiger partial charge in [-0.05, 0) is 30.2 Å². The fourth-order valence-corrected chi connectivity index (χ4v) is 2.02. The molecule has 1 atom stereocenters. The molecule has 19 heavy (non-hydrogen) atoms. The SMILES string of the molecule is COC(CN)CC(=O)NCCc1cc(Br)ccc1F. The largest absolute Gasteiger partial charge is 0.380 e. The van der Waals surface area contributed by atoms with Crippen LogP contribution in [0.15, 0.2) is 22.7 Å². The van der Waals surface area contributed by atoms with Crippen LogP contribution in [-0.4, -0.2) is 32.2 Å². The van der Waals surface area contributed by atoms with Crippen LogP contribution in [0.1, 0.15) is 12.0 Å². The molecule has 106 valence electrons. The molecule has 6 heteroatoms. The predicted octanol–water partition coefficient (Wildman–Crippen LogP) is 1.61. The second-order valence-corrected chi connectivity index (χ2v) is 5.05. The topological polar surface area (TPSA) is 64.3 Å². The van der Waals surface area contributed by atoms with Crippen LogP contribution in [0.4, 0.5) is 4.39 Å². The predicted molar refractivity (Wildman–Crippen MR) is 75.3 cm³/mol. The second-order valence-electron chi connectivity index (χ2n) is 4.13. The van der Waals surface area contributed by atoms with E-state index in [0.29, 0.717) is 25.1 Å². The van der Waals surface area contributed by atoms with E-state index in [1.54, 1.807) is 12.1 Å². The van der Waals surface area contributed by atoms with Gasteiger partial charge in [-0.2, -0.15) is 0 Å². The smallest absolute Gasteiger partial charge is 0.222 e. The highest BCUT2D eigenvalue weighted by Gasteiger charge is 2.11. The maximum Gasteiger partial charge on any atom is 0.222 e. The van der Waals surface area contributed by atoms with Gasteiger partial charge in [0.1, 0.15) is 5.82 Å². The van der Waals surface area contributed by atoms with Crippen LogP contribution in [0.2, 0.25) is 0 Å². The zero-order valence-corrected chi connectivity index (χ0v) is 12.4. The number of methoxy groups -OCH3 is 1. The van der Waals surface area contributed by atoms with Crippen LogP contribution in [0.3, 0.4) is 0 Å². The van der Waals surface area contributed by atoms with Crippen LogP contribution in [0.25, 0.3) is 0 Å². The van der Waals surface area contributed by atoms with Gasteiger partial charge in [0.05, 0.1) is 12.5 Å². The van der Waals surface area contributed by atoms with Crippen LogP contribution in [-0.2, 0) is 16.0 Å². The molecule has 0 aliphatic heterocycles. The Balaban J connectivity index is 2.37. The van der Waals surface area contributed by atoms with Crippen LogP contribution >= 0.6 is 15.9 Å². The summed E-state index contributed by atoms with van der Waals surface area (Å²) in [6.45, 7) is 0.678. The number of carbonyl (C=O) groups excluding carboxylic acids is 1. The lowest BCUT2D eigenvalue weighted by Crippen LogP contribution is -2.33. The Kier molecular flexibility index (Phi) is 6.97. The molecule has 1 aromatic carbocycles. The monoisotopic (exact) mass is 332 g/mol. The normalized spacial score (nSPS) is 12.2. The van der Waals surface area contributed by atoms with Gasteiger partial charge in [-0.25, -0.2) is 4.39 Å². The number of carbonyl (C=O) groups is 1. The summed E-state index contributed by atoms with van der Waals surface area (Å²) < 4.78 is 19.3. The van der Waals surface area contributed by atoms with Gasteiger partial charge in [0.2, 0.25) is 5.91 Å². The molecular formula is C13H18BrFN2O2. The number of amides is 1. The summed E-state index contributed by atoms with van der Waals surface area (Å²) in [6, 6.07) is 4.75. The summed E-state index contributed by atoms with van der Waals surface area (Å²) in [4.78, 5) is 11.6. The molecule has 0 spiro atoms. The number of halogens is 2. The Morgan fingerprint density at radius 2 is 2.32 bits per heavy atom. The van der Waals surface area contributed by atoms with Gasteiger partial charge in [0.25, 0.3) is 0 Å². The fourth-order valence-electron chi connectivity index (χ4n) is 1.61. The molecular weight excluding hydrogens is 315 g/mol. The van der Waals surface area contributed by atoms with Crippen LogP contribution in [0.5, 0.6) is 0 Å². The minimum absolute atomic E-state index is 0.146. The average molecular weight is 333 g/mol. The lowest BCUT2D eigenvalue weighted by molar-refractivity contribution is -0.123. The molecule has 1 aromatic rings. The highest BCUT2D eigenvalue weighted by Crippen LogP contribution is 2.15. The van der Waals surface area contributed by atoms with Crippen molar-refractivity contribution in [2.45, 2.75) is 18.9 Å². The van der Waals surface area contributed by atoms with Gasteiger partial charge < -0.3 is 15.8 Å². The summed E-state index contributed by atoms with van der Waals surface area (Å²) in [5.41, 5.74) is 5.99. The number of ether oxygens (including phenoxy) is 1. The molecule has 0 aliphatic carbocycles. The highest BCUT2D eigenvalue weighted by molar-refractivity contribution is 9.10. The molecule has 3 N–H and O–H groups in total. The lowest BCUT2D eigenvalue weighted by Gasteiger charge is -2.12. The first-order valence-electron chi connectivity index (χ1n) is 6.00. The molecule has 0 radical (unpaired) electrons. The van der Waals surface area contributed by atoms with E-state index in [0.717, 1.165) is 4.47 Å². The maximum absolute atomic E-state index is 13.4. The highest BCUT2D eigenvalue weighted by atomic mass is 79.9. The minimum atomic E-state index is -0.275. The maximum atomic E-state index is 13.4. The number of benzene rings is 1. The Hall–Kier alpha value is -0.980. The Bertz CT molecular complexity index is 425. The third-order valence-electron chi connectivity index (χ3n) is 2.73. The van der Waals surface area contributed by atoms with E-state index in [2.05, 4.69) is 21.2 Å². The van der Waals surface area contributed by atoms with Crippen molar-refractivity contribution in [3.63, 3.8) is 0 Å². The summed E-state index contributed by atoms with van der Waals surface area (Å²) in [5.74, 6) is -0.415. The average Bonchev–Trinajstić information content (AvgIpc) is 2.40. The van der Waals surface area contributed by atoms with Crippen molar-refractivity contribution in [2.75, 3.05) is 20.2 Å². The van der Waals surface area contributed by atoms with E-state index in [4.69, 9.17) is 10.5 Å². The summed E-state index contributed by atoms with van der Waals surface area (Å²) in [6.07, 6.45) is 0.383. The van der Waals surface area contributed by atoms with Crippen molar-refractivity contribution in [2.24, 2.45) is 5.73 Å². The Morgan fingerprint density at radius 3 is 2.95 bits per heavy atom. The van der Waals surface area contributed by atoms with E-state index in [-0.39, 0.29) is 24.2 Å². The number of rotatable bonds is 7. The van der Waals surface area contributed by atoms with Gasteiger partial charge >= 0.3 is 0 Å². The summed E-state index contributed by atoms with van der Waals surface area (Å²) in [5, 5.41) is 2.72. The molecule has 0 saturated carbocycles. The van der Waals surface area contributed by atoms with E-state index in [1.165, 1.54) is 13.2 Å². The number of hydrogen-bond donors (Lipinski definition) is 2. The minimum Gasteiger partial charge on any atom is -0.380 e. The first kappa shape index (κ1) is 16.1. The third kappa shape index (κ3) is 5.67. The van der Waals surface area contributed by atoms with Gasteiger partial charge in [0.15, 0.2) is 0 Å². The van der Waals surface area contributed by atoms with Crippen molar-refractivity contribution in [3.8, 4) is 0 Å². The second kappa shape index (κ2) is 8.24. The van der Waals surface area contributed by atoms with Gasteiger partial charge in [0, 0.05) is 24.7 Å². The molecule has 0 bridgehead atoms. The Labute approximate surface area is 120 Å². The molecule has 1 amide bonds. The molecule has 0 aromatic heterocycles. The van der Waals surface area contributed by atoms with Crippen molar-refractivity contribution in [1.29, 1.82) is 0 Å². The van der Waals surface area contributed by atoms with Gasteiger partial charge in [-0.1, -0.05) is 15.9 Å². The molecule has 0 fully saturated rings. The van der Waals surface area contributed by atoms with Crippen molar-refractivity contribution in [3.05, 3.63) is 34.1 Å². The lowest BCUT2D eigenvalue weighted by atomic mass is 10.1. The zero-order chi connectivity index (χ0) is 14.3. The molecule has 1 rings (SSSR count). The van der Waals surface area contributed by atoms with Crippen LogP contribution in [0, 0.1) is 5.82 Å². The molecule has 1 unspecified atom stereocenters. The first-order valence-corrected chi connectivity index (χ1v) is 6.79. The van der Waals surface area contributed by atoms with Gasteiger partial charge in [-0.3, -0.25) is 4.79 Å². The van der Waals surface area contributed by atoms with Crippen molar-refractivity contribution in [1.82, 2.24) is 5.32 Å². The molecule has 0 aliphatic rings. The number of nitrogens with two attached hydrogens (primary N) is 1.